The first-order chi connectivity index (χ1) is 10.6. The number of fused-ring (bicyclic) bond motifs is 1. The number of nitrogens with one attached hydrogen (secondary N) is 1. The summed E-state index contributed by atoms with van der Waals surface area (Å²) in [4.78, 5) is 8.46. The van der Waals surface area contributed by atoms with Gasteiger partial charge in [0, 0.05) is 28.4 Å². The second kappa shape index (κ2) is 5.90. The van der Waals surface area contributed by atoms with E-state index in [1.165, 1.54) is 6.33 Å². The lowest BCUT2D eigenvalue weighted by molar-refractivity contribution is 0.191. The Morgan fingerprint density at radius 3 is 2.86 bits per heavy atom. The number of aliphatic hydroxyl groups excluding tert-OH is 1. The molecule has 0 aliphatic heterocycles. The van der Waals surface area contributed by atoms with Crippen molar-refractivity contribution in [3.63, 3.8) is 0 Å². The van der Waals surface area contributed by atoms with Crippen molar-refractivity contribution in [2.75, 3.05) is 11.9 Å². The van der Waals surface area contributed by atoms with Crippen LogP contribution in [0.4, 0.5) is 5.82 Å². The Bertz CT molecular complexity index is 817. The van der Waals surface area contributed by atoms with Gasteiger partial charge >= 0.3 is 0 Å². The van der Waals surface area contributed by atoms with Crippen LogP contribution in [0.25, 0.3) is 5.78 Å². The molecule has 1 aromatic carbocycles. The van der Waals surface area contributed by atoms with Crippen molar-refractivity contribution in [2.24, 2.45) is 0 Å². The molecule has 2 heterocycles. The van der Waals surface area contributed by atoms with E-state index in [0.29, 0.717) is 22.9 Å². The molecular formula is C15H16ClN5O. The van der Waals surface area contributed by atoms with E-state index in [2.05, 4.69) is 20.4 Å². The fraction of sp³-hybridized carbons (Fsp3) is 0.267. The Labute approximate surface area is 132 Å². The molecule has 0 spiro atoms. The molecular weight excluding hydrogens is 302 g/mol. The Hall–Kier alpha value is -2.18. The minimum Gasteiger partial charge on any atom is -0.387 e. The van der Waals surface area contributed by atoms with E-state index in [9.17, 15) is 5.11 Å². The third-order valence-corrected chi connectivity index (χ3v) is 3.98. The highest BCUT2D eigenvalue weighted by molar-refractivity contribution is 6.31. The summed E-state index contributed by atoms with van der Waals surface area (Å²) in [6.07, 6.45) is 0.733. The van der Waals surface area contributed by atoms with Gasteiger partial charge in [0.1, 0.15) is 12.1 Å². The minimum atomic E-state index is -0.722. The van der Waals surface area contributed by atoms with E-state index in [-0.39, 0.29) is 0 Å². The molecule has 0 amide bonds. The first kappa shape index (κ1) is 14.7. The Balaban J connectivity index is 1.87. The van der Waals surface area contributed by atoms with Crippen LogP contribution in [0.15, 0.2) is 30.6 Å². The van der Waals surface area contributed by atoms with E-state index in [0.717, 1.165) is 17.1 Å². The van der Waals surface area contributed by atoms with Gasteiger partial charge in [-0.05, 0) is 19.9 Å². The largest absolute Gasteiger partial charge is 0.387 e. The summed E-state index contributed by atoms with van der Waals surface area (Å²) in [5, 5.41) is 18.3. The summed E-state index contributed by atoms with van der Waals surface area (Å²) < 4.78 is 1.63. The smallest absolute Gasteiger partial charge is 0.254 e. The minimum absolute atomic E-state index is 0.309. The first-order valence-electron chi connectivity index (χ1n) is 6.91. The van der Waals surface area contributed by atoms with Gasteiger partial charge < -0.3 is 10.4 Å². The van der Waals surface area contributed by atoms with Crippen LogP contribution < -0.4 is 5.32 Å². The van der Waals surface area contributed by atoms with E-state index < -0.39 is 6.10 Å². The maximum atomic E-state index is 10.3. The third-order valence-electron chi connectivity index (χ3n) is 3.63. The van der Waals surface area contributed by atoms with Crippen molar-refractivity contribution >= 4 is 23.2 Å². The highest BCUT2D eigenvalue weighted by Crippen LogP contribution is 2.24. The van der Waals surface area contributed by atoms with Gasteiger partial charge in [0.25, 0.3) is 5.78 Å². The predicted molar refractivity (Wildman–Crippen MR) is 85.2 cm³/mol. The molecule has 2 aromatic heterocycles. The second-order valence-electron chi connectivity index (χ2n) is 5.06. The molecule has 6 nitrogen and oxygen atoms in total. The molecule has 1 unspecified atom stereocenters. The number of aryl methyl sites for hydroxylation is 1. The zero-order valence-electron chi connectivity index (χ0n) is 12.3. The van der Waals surface area contributed by atoms with Crippen LogP contribution in [0.2, 0.25) is 5.02 Å². The summed E-state index contributed by atoms with van der Waals surface area (Å²) in [7, 11) is 0. The summed E-state index contributed by atoms with van der Waals surface area (Å²) >= 11 is 6.11. The van der Waals surface area contributed by atoms with Crippen molar-refractivity contribution in [1.29, 1.82) is 0 Å². The highest BCUT2D eigenvalue weighted by atomic mass is 35.5. The van der Waals surface area contributed by atoms with Crippen LogP contribution in [0, 0.1) is 13.8 Å². The van der Waals surface area contributed by atoms with Crippen LogP contribution >= 0.6 is 11.6 Å². The van der Waals surface area contributed by atoms with Crippen molar-refractivity contribution in [3.05, 3.63) is 52.4 Å². The van der Waals surface area contributed by atoms with Crippen molar-refractivity contribution in [1.82, 2.24) is 19.6 Å². The van der Waals surface area contributed by atoms with Crippen LogP contribution in [0.1, 0.15) is 22.9 Å². The highest BCUT2D eigenvalue weighted by Gasteiger charge is 2.14. The molecule has 0 bridgehead atoms. The maximum Gasteiger partial charge on any atom is 0.254 e. The third kappa shape index (κ3) is 2.63. The van der Waals surface area contributed by atoms with Gasteiger partial charge in [-0.25, -0.2) is 4.98 Å². The second-order valence-corrected chi connectivity index (χ2v) is 5.47. The van der Waals surface area contributed by atoms with Gasteiger partial charge in [0.05, 0.1) is 6.10 Å². The van der Waals surface area contributed by atoms with Crippen molar-refractivity contribution in [3.8, 4) is 0 Å². The number of anilines is 1. The number of rotatable bonds is 4. The number of hydrogen-bond acceptors (Lipinski definition) is 5. The molecule has 2 N–H and O–H groups in total. The summed E-state index contributed by atoms with van der Waals surface area (Å²) in [6.45, 7) is 4.18. The van der Waals surface area contributed by atoms with E-state index in [4.69, 9.17) is 11.6 Å². The maximum absolute atomic E-state index is 10.3. The average molecular weight is 318 g/mol. The molecule has 0 radical (unpaired) electrons. The Morgan fingerprint density at radius 2 is 2.09 bits per heavy atom. The predicted octanol–water partition coefficient (Wildman–Crippen LogP) is 2.54. The molecule has 0 fully saturated rings. The molecule has 1 atom stereocenters. The molecule has 7 heteroatoms. The molecule has 0 saturated carbocycles. The van der Waals surface area contributed by atoms with Crippen LogP contribution in [-0.4, -0.2) is 31.2 Å². The van der Waals surface area contributed by atoms with Gasteiger partial charge in [-0.15, -0.1) is 0 Å². The number of halogens is 1. The Kier molecular flexibility index (Phi) is 3.96. The molecule has 3 rings (SSSR count). The summed E-state index contributed by atoms with van der Waals surface area (Å²) in [6, 6.07) is 7.26. The molecule has 114 valence electrons. The zero-order valence-corrected chi connectivity index (χ0v) is 13.0. The van der Waals surface area contributed by atoms with Gasteiger partial charge in [0.15, 0.2) is 0 Å². The topological polar surface area (TPSA) is 75.3 Å². The standard InChI is InChI=1S/C15H16ClN5O/c1-9-10(2)20-15-18-8-19-21(15)14(9)17-7-13(22)11-5-3-4-6-12(11)16/h3-6,8,13,17,22H,7H2,1-2H3. The Morgan fingerprint density at radius 1 is 1.32 bits per heavy atom. The van der Waals surface area contributed by atoms with Crippen LogP contribution in [-0.2, 0) is 0 Å². The summed E-state index contributed by atoms with van der Waals surface area (Å²) in [5.74, 6) is 1.30. The van der Waals surface area contributed by atoms with Crippen LogP contribution in [0.3, 0.4) is 0 Å². The quantitative estimate of drug-likeness (QED) is 0.773. The average Bonchev–Trinajstić information content (AvgIpc) is 2.95. The van der Waals surface area contributed by atoms with Gasteiger partial charge in [-0.3, -0.25) is 0 Å². The lowest BCUT2D eigenvalue weighted by Gasteiger charge is -2.16. The molecule has 0 aliphatic rings. The summed E-state index contributed by atoms with van der Waals surface area (Å²) in [5.41, 5.74) is 2.52. The lowest BCUT2D eigenvalue weighted by Crippen LogP contribution is -2.16. The molecule has 22 heavy (non-hydrogen) atoms. The lowest BCUT2D eigenvalue weighted by atomic mass is 10.1. The number of benzene rings is 1. The fourth-order valence-electron chi connectivity index (χ4n) is 2.29. The number of aliphatic hydroxyl groups is 1. The van der Waals surface area contributed by atoms with E-state index in [1.807, 2.05) is 32.0 Å². The number of aromatic nitrogens is 4. The molecule has 0 saturated heterocycles. The van der Waals surface area contributed by atoms with E-state index in [1.54, 1.807) is 10.6 Å². The van der Waals surface area contributed by atoms with Crippen LogP contribution in [0.5, 0.6) is 0 Å². The normalized spacial score (nSPS) is 12.5. The van der Waals surface area contributed by atoms with Crippen molar-refractivity contribution < 1.29 is 5.11 Å². The monoisotopic (exact) mass is 317 g/mol. The van der Waals surface area contributed by atoms with Gasteiger partial charge in [-0.1, -0.05) is 29.8 Å². The van der Waals surface area contributed by atoms with Gasteiger partial charge in [-0.2, -0.15) is 14.6 Å². The van der Waals surface area contributed by atoms with Crippen molar-refractivity contribution in [2.45, 2.75) is 20.0 Å². The first-order valence-corrected chi connectivity index (χ1v) is 7.29. The molecule has 3 aromatic rings. The zero-order chi connectivity index (χ0) is 15.7. The fourth-order valence-corrected chi connectivity index (χ4v) is 2.55. The number of hydrogen-bond donors (Lipinski definition) is 2. The SMILES string of the molecule is Cc1nc2ncnn2c(NCC(O)c2ccccc2Cl)c1C. The van der Waals surface area contributed by atoms with E-state index >= 15 is 0 Å². The van der Waals surface area contributed by atoms with Gasteiger partial charge in [0.2, 0.25) is 0 Å². The number of nitrogens with zero attached hydrogens (tertiary/aromatic N) is 4. The molecule has 0 aliphatic carbocycles.